The molecule has 1 saturated heterocycles. The number of imidazole rings is 1. The molecule has 0 atom stereocenters. The summed E-state index contributed by atoms with van der Waals surface area (Å²) in [7, 11) is 0. The summed E-state index contributed by atoms with van der Waals surface area (Å²) in [4.78, 5) is 18.4. The molecule has 0 aliphatic carbocycles. The van der Waals surface area contributed by atoms with E-state index in [4.69, 9.17) is 4.98 Å². The second-order valence-electron chi connectivity index (χ2n) is 6.23. The Balaban J connectivity index is 1.37. The molecule has 130 valence electrons. The van der Waals surface area contributed by atoms with Crippen LogP contribution in [0.3, 0.4) is 0 Å². The Morgan fingerprint density at radius 1 is 1.08 bits per heavy atom. The minimum atomic E-state index is 0.811. The van der Waals surface area contributed by atoms with Crippen LogP contribution in [-0.4, -0.2) is 57.0 Å². The van der Waals surface area contributed by atoms with Crippen molar-refractivity contribution in [3.8, 4) is 0 Å². The van der Waals surface area contributed by atoms with Crippen LogP contribution >= 0.6 is 0 Å². The third-order valence-corrected chi connectivity index (χ3v) is 4.46. The number of anilines is 2. The molecule has 0 amide bonds. The van der Waals surface area contributed by atoms with Crippen LogP contribution < -0.4 is 10.2 Å². The number of piperazine rings is 1. The maximum absolute atomic E-state index is 4.69. The molecule has 7 nitrogen and oxygen atoms in total. The molecule has 1 aliphatic rings. The van der Waals surface area contributed by atoms with E-state index in [9.17, 15) is 0 Å². The van der Waals surface area contributed by atoms with Gasteiger partial charge in [0.1, 0.15) is 11.5 Å². The van der Waals surface area contributed by atoms with Gasteiger partial charge in [-0.2, -0.15) is 4.98 Å². The van der Waals surface area contributed by atoms with Gasteiger partial charge in [-0.3, -0.25) is 4.90 Å². The molecule has 0 bridgehead atoms. The molecule has 3 aromatic rings. The minimum Gasteiger partial charge on any atom is -0.370 e. The van der Waals surface area contributed by atoms with Crippen molar-refractivity contribution >= 4 is 17.4 Å². The fourth-order valence-electron chi connectivity index (χ4n) is 3.18. The van der Waals surface area contributed by atoms with Crippen LogP contribution in [0.1, 0.15) is 12.6 Å². The number of nitrogens with zero attached hydrogens (tertiary/aromatic N) is 6. The van der Waals surface area contributed by atoms with Crippen molar-refractivity contribution in [1.29, 1.82) is 0 Å². The van der Waals surface area contributed by atoms with Crippen molar-refractivity contribution in [2.75, 3.05) is 42.9 Å². The zero-order valence-electron chi connectivity index (χ0n) is 14.5. The largest absolute Gasteiger partial charge is 0.370 e. The molecule has 1 N–H and O–H groups in total. The van der Waals surface area contributed by atoms with Crippen LogP contribution in [0.25, 0.3) is 5.65 Å². The summed E-state index contributed by atoms with van der Waals surface area (Å²) in [6, 6.07) is 7.99. The lowest BCUT2D eigenvalue weighted by molar-refractivity contribution is 0.246. The number of aromatic nitrogens is 4. The third kappa shape index (κ3) is 3.56. The Hall–Kier alpha value is -2.67. The topological polar surface area (TPSA) is 61.6 Å². The molecular weight excluding hydrogens is 314 g/mol. The molecule has 4 heterocycles. The van der Waals surface area contributed by atoms with E-state index >= 15 is 0 Å². The predicted molar refractivity (Wildman–Crippen MR) is 98.9 cm³/mol. The summed E-state index contributed by atoms with van der Waals surface area (Å²) in [5.74, 6) is 1.70. The van der Waals surface area contributed by atoms with E-state index in [0.29, 0.717) is 0 Å². The lowest BCUT2D eigenvalue weighted by Crippen LogP contribution is -2.46. The fourth-order valence-corrected chi connectivity index (χ4v) is 3.18. The van der Waals surface area contributed by atoms with Crippen LogP contribution in [-0.2, 0) is 6.54 Å². The van der Waals surface area contributed by atoms with Crippen molar-refractivity contribution in [3.63, 3.8) is 0 Å². The molecule has 1 fully saturated rings. The second kappa shape index (κ2) is 7.06. The predicted octanol–water partition coefficient (Wildman–Crippen LogP) is 1.88. The van der Waals surface area contributed by atoms with Crippen LogP contribution in [0.15, 0.2) is 42.9 Å². The lowest BCUT2D eigenvalue weighted by atomic mass is 10.3. The first-order chi connectivity index (χ1) is 12.3. The van der Waals surface area contributed by atoms with E-state index in [-0.39, 0.29) is 0 Å². The van der Waals surface area contributed by atoms with Gasteiger partial charge in [0.2, 0.25) is 5.95 Å². The average Bonchev–Trinajstić information content (AvgIpc) is 3.05. The van der Waals surface area contributed by atoms with Crippen LogP contribution in [0.4, 0.5) is 11.8 Å². The third-order valence-electron chi connectivity index (χ3n) is 4.46. The Kier molecular flexibility index (Phi) is 4.47. The van der Waals surface area contributed by atoms with Crippen LogP contribution in [0, 0.1) is 0 Å². The van der Waals surface area contributed by atoms with E-state index in [0.717, 1.165) is 62.4 Å². The summed E-state index contributed by atoms with van der Waals surface area (Å²) in [6.45, 7) is 7.66. The SMILES string of the molecule is CCNc1ccnc(N2CCN(Cc3cn4ccccc4n3)CC2)n1. The molecule has 0 saturated carbocycles. The van der Waals surface area contributed by atoms with Gasteiger partial charge in [-0.25, -0.2) is 9.97 Å². The zero-order chi connectivity index (χ0) is 17.1. The van der Waals surface area contributed by atoms with Gasteiger partial charge >= 0.3 is 0 Å². The molecule has 0 aromatic carbocycles. The lowest BCUT2D eigenvalue weighted by Gasteiger charge is -2.34. The number of nitrogens with one attached hydrogen (secondary N) is 1. The van der Waals surface area contributed by atoms with E-state index in [1.807, 2.05) is 36.7 Å². The van der Waals surface area contributed by atoms with Crippen molar-refractivity contribution in [3.05, 3.63) is 48.5 Å². The average molecular weight is 337 g/mol. The number of fused-ring (bicyclic) bond motifs is 1. The van der Waals surface area contributed by atoms with E-state index in [2.05, 4.69) is 42.6 Å². The summed E-state index contributed by atoms with van der Waals surface area (Å²) >= 11 is 0. The highest BCUT2D eigenvalue weighted by Crippen LogP contribution is 2.15. The minimum absolute atomic E-state index is 0.811. The maximum atomic E-state index is 4.69. The fraction of sp³-hybridized carbons (Fsp3) is 0.389. The second-order valence-corrected chi connectivity index (χ2v) is 6.23. The Bertz CT molecular complexity index is 803. The van der Waals surface area contributed by atoms with Crippen LogP contribution in [0.5, 0.6) is 0 Å². The van der Waals surface area contributed by atoms with Crippen molar-refractivity contribution in [1.82, 2.24) is 24.3 Å². The number of rotatable bonds is 5. The highest BCUT2D eigenvalue weighted by Gasteiger charge is 2.20. The maximum Gasteiger partial charge on any atom is 0.227 e. The van der Waals surface area contributed by atoms with Gasteiger partial charge in [0.25, 0.3) is 0 Å². The molecule has 7 heteroatoms. The first kappa shape index (κ1) is 15.8. The van der Waals surface area contributed by atoms with E-state index in [1.165, 1.54) is 0 Å². The summed E-state index contributed by atoms with van der Waals surface area (Å²) in [5, 5.41) is 3.24. The molecule has 4 rings (SSSR count). The molecule has 0 spiro atoms. The molecular formula is C18H23N7. The monoisotopic (exact) mass is 337 g/mol. The van der Waals surface area contributed by atoms with Gasteiger partial charge in [0.05, 0.1) is 5.69 Å². The first-order valence-electron chi connectivity index (χ1n) is 8.78. The standard InChI is InChI=1S/C18H23N7/c1-2-19-16-6-7-20-18(22-16)24-11-9-23(10-12-24)13-15-14-25-8-4-3-5-17(25)21-15/h3-8,14H,2,9-13H2,1H3,(H,19,20,22). The summed E-state index contributed by atoms with van der Waals surface area (Å²) < 4.78 is 2.08. The Labute approximate surface area is 147 Å². The van der Waals surface area contributed by atoms with Crippen molar-refractivity contribution < 1.29 is 0 Å². The zero-order valence-corrected chi connectivity index (χ0v) is 14.5. The molecule has 3 aromatic heterocycles. The van der Waals surface area contributed by atoms with Gasteiger partial charge in [-0.05, 0) is 25.1 Å². The van der Waals surface area contributed by atoms with Gasteiger partial charge in [-0.1, -0.05) is 6.07 Å². The molecule has 0 unspecified atom stereocenters. The highest BCUT2D eigenvalue weighted by molar-refractivity contribution is 5.42. The van der Waals surface area contributed by atoms with Crippen molar-refractivity contribution in [2.24, 2.45) is 0 Å². The number of hydrogen-bond donors (Lipinski definition) is 1. The Morgan fingerprint density at radius 2 is 1.96 bits per heavy atom. The van der Waals surface area contributed by atoms with E-state index in [1.54, 1.807) is 0 Å². The molecule has 1 aliphatic heterocycles. The van der Waals surface area contributed by atoms with E-state index < -0.39 is 0 Å². The van der Waals surface area contributed by atoms with Gasteiger partial charge in [0.15, 0.2) is 0 Å². The molecule has 25 heavy (non-hydrogen) atoms. The number of hydrogen-bond acceptors (Lipinski definition) is 6. The number of pyridine rings is 1. The van der Waals surface area contributed by atoms with Gasteiger partial charge < -0.3 is 14.6 Å². The van der Waals surface area contributed by atoms with Gasteiger partial charge in [-0.15, -0.1) is 0 Å². The quantitative estimate of drug-likeness (QED) is 0.767. The molecule has 0 radical (unpaired) electrons. The summed E-state index contributed by atoms with van der Waals surface area (Å²) in [6.07, 6.45) is 5.98. The highest BCUT2D eigenvalue weighted by atomic mass is 15.3. The normalized spacial score (nSPS) is 15.6. The summed E-state index contributed by atoms with van der Waals surface area (Å²) in [5.41, 5.74) is 2.12. The van der Waals surface area contributed by atoms with Crippen LogP contribution in [0.2, 0.25) is 0 Å². The van der Waals surface area contributed by atoms with Gasteiger partial charge in [0, 0.05) is 57.9 Å². The smallest absolute Gasteiger partial charge is 0.227 e. The van der Waals surface area contributed by atoms with Crippen molar-refractivity contribution in [2.45, 2.75) is 13.5 Å². The Morgan fingerprint density at radius 3 is 2.76 bits per heavy atom. The first-order valence-corrected chi connectivity index (χ1v) is 8.78.